The van der Waals surface area contributed by atoms with Gasteiger partial charge in [-0.15, -0.1) is 0 Å². The lowest BCUT2D eigenvalue weighted by molar-refractivity contribution is 0.195. The maximum absolute atomic E-state index is 13.8. The fourth-order valence-corrected chi connectivity index (χ4v) is 2.77. The highest BCUT2D eigenvalue weighted by Crippen LogP contribution is 2.28. The number of carbonyl (C=O) groups excluding carboxylic acids is 1. The molecule has 5 nitrogen and oxygen atoms in total. The van der Waals surface area contributed by atoms with Crippen molar-refractivity contribution >= 4 is 23.6 Å². The van der Waals surface area contributed by atoms with E-state index in [9.17, 15) is 13.6 Å². The number of anilines is 1. The van der Waals surface area contributed by atoms with Gasteiger partial charge in [-0.25, -0.2) is 23.5 Å². The van der Waals surface area contributed by atoms with Crippen LogP contribution in [-0.4, -0.2) is 34.2 Å². The Hall–Kier alpha value is -2.22. The maximum Gasteiger partial charge on any atom is 0.326 e. The van der Waals surface area contributed by atoms with Gasteiger partial charge in [-0.1, -0.05) is 17.8 Å². The summed E-state index contributed by atoms with van der Waals surface area (Å²) in [6, 6.07) is 3.06. The fourth-order valence-electron chi connectivity index (χ4n) is 2.44. The quantitative estimate of drug-likeness (QED) is 0.638. The van der Waals surface area contributed by atoms with E-state index in [2.05, 4.69) is 9.97 Å². The Kier molecular flexibility index (Phi) is 4.16. The molecule has 0 N–H and O–H groups in total. The van der Waals surface area contributed by atoms with Crippen LogP contribution < -0.4 is 4.90 Å². The summed E-state index contributed by atoms with van der Waals surface area (Å²) in [5.74, 6) is -0.748. The van der Waals surface area contributed by atoms with Gasteiger partial charge in [0.25, 0.3) is 0 Å². The van der Waals surface area contributed by atoms with Crippen LogP contribution in [0.3, 0.4) is 0 Å². The third-order valence-electron chi connectivity index (χ3n) is 3.61. The predicted octanol–water partition coefficient (Wildman–Crippen LogP) is 3.05. The van der Waals surface area contributed by atoms with Crippen molar-refractivity contribution in [2.45, 2.75) is 18.2 Å². The second kappa shape index (κ2) is 6.11. The van der Waals surface area contributed by atoms with Gasteiger partial charge in [-0.2, -0.15) is 0 Å². The van der Waals surface area contributed by atoms with Gasteiger partial charge in [0.05, 0.1) is 13.1 Å². The van der Waals surface area contributed by atoms with Crippen molar-refractivity contribution in [3.8, 4) is 0 Å². The number of rotatable bonds is 3. The predicted molar refractivity (Wildman–Crippen MR) is 83.2 cm³/mol. The molecule has 1 aliphatic heterocycles. The van der Waals surface area contributed by atoms with Crippen LogP contribution in [0.4, 0.5) is 19.4 Å². The molecule has 2 aromatic rings. The molecular formula is C15H14F2N4OS. The molecule has 1 aromatic heterocycles. The standard InChI is InChI=1S/C15H14F2N4OS/c1-20-13-10(6-18-14(19-13)23-2)8-21(15(20)22)7-9-3-4-11(16)5-12(9)17/h3-6H,7-8H2,1-2H3. The molecule has 23 heavy (non-hydrogen) atoms. The number of hydrogen-bond donors (Lipinski definition) is 0. The Morgan fingerprint density at radius 3 is 2.83 bits per heavy atom. The van der Waals surface area contributed by atoms with E-state index in [0.717, 1.165) is 11.6 Å². The number of amides is 2. The summed E-state index contributed by atoms with van der Waals surface area (Å²) in [5, 5.41) is 0.585. The first kappa shape index (κ1) is 15.7. The van der Waals surface area contributed by atoms with Crippen molar-refractivity contribution in [3.63, 3.8) is 0 Å². The molecular weight excluding hydrogens is 322 g/mol. The van der Waals surface area contributed by atoms with Gasteiger partial charge in [0, 0.05) is 30.4 Å². The van der Waals surface area contributed by atoms with Gasteiger partial charge in [0.2, 0.25) is 0 Å². The molecule has 8 heteroatoms. The summed E-state index contributed by atoms with van der Waals surface area (Å²) in [7, 11) is 1.62. The molecule has 0 radical (unpaired) electrons. The van der Waals surface area contributed by atoms with Gasteiger partial charge in [-0.05, 0) is 12.3 Å². The van der Waals surface area contributed by atoms with E-state index >= 15 is 0 Å². The summed E-state index contributed by atoms with van der Waals surface area (Å²) in [6.45, 7) is 0.336. The van der Waals surface area contributed by atoms with Gasteiger partial charge in [0.15, 0.2) is 5.16 Å². The summed E-state index contributed by atoms with van der Waals surface area (Å²) < 4.78 is 26.8. The molecule has 0 saturated heterocycles. The highest BCUT2D eigenvalue weighted by atomic mass is 32.2. The van der Waals surface area contributed by atoms with Crippen LogP contribution in [0.15, 0.2) is 29.6 Å². The van der Waals surface area contributed by atoms with E-state index in [-0.39, 0.29) is 24.7 Å². The van der Waals surface area contributed by atoms with Crippen molar-refractivity contribution in [2.24, 2.45) is 0 Å². The lowest BCUT2D eigenvalue weighted by atomic mass is 10.1. The number of carbonyl (C=O) groups is 1. The lowest BCUT2D eigenvalue weighted by Gasteiger charge is -2.34. The third kappa shape index (κ3) is 2.98. The van der Waals surface area contributed by atoms with Crippen LogP contribution in [0.1, 0.15) is 11.1 Å². The molecule has 2 amide bonds. The zero-order valence-corrected chi connectivity index (χ0v) is 13.4. The molecule has 1 aliphatic rings. The Labute approximate surface area is 136 Å². The Bertz CT molecular complexity index is 771. The average molecular weight is 336 g/mol. The highest BCUT2D eigenvalue weighted by Gasteiger charge is 2.30. The van der Waals surface area contributed by atoms with Crippen molar-refractivity contribution in [2.75, 3.05) is 18.2 Å². The SMILES string of the molecule is CSc1ncc2c(n1)N(C)C(=O)N(Cc1ccc(F)cc1F)C2. The summed E-state index contributed by atoms with van der Waals surface area (Å²) in [6.07, 6.45) is 3.53. The average Bonchev–Trinajstić information content (AvgIpc) is 2.54. The minimum absolute atomic E-state index is 0.0546. The molecule has 0 saturated carbocycles. The van der Waals surface area contributed by atoms with E-state index in [1.165, 1.54) is 33.7 Å². The Balaban J connectivity index is 1.88. The molecule has 3 rings (SSSR count). The van der Waals surface area contributed by atoms with Crippen LogP contribution in [0.2, 0.25) is 0 Å². The second-order valence-electron chi connectivity index (χ2n) is 5.14. The van der Waals surface area contributed by atoms with E-state index in [1.807, 2.05) is 6.26 Å². The zero-order chi connectivity index (χ0) is 16.6. The van der Waals surface area contributed by atoms with E-state index in [4.69, 9.17) is 0 Å². The number of halogens is 2. The van der Waals surface area contributed by atoms with Crippen LogP contribution in [-0.2, 0) is 13.1 Å². The minimum atomic E-state index is -0.666. The van der Waals surface area contributed by atoms with E-state index < -0.39 is 11.6 Å². The first-order chi connectivity index (χ1) is 11.0. The second-order valence-corrected chi connectivity index (χ2v) is 5.91. The number of hydrogen-bond acceptors (Lipinski definition) is 4. The Morgan fingerprint density at radius 2 is 2.13 bits per heavy atom. The van der Waals surface area contributed by atoms with Gasteiger partial charge in [-0.3, -0.25) is 4.90 Å². The van der Waals surface area contributed by atoms with E-state index in [1.54, 1.807) is 13.2 Å². The van der Waals surface area contributed by atoms with Crippen molar-refractivity contribution in [1.29, 1.82) is 0 Å². The molecule has 0 spiro atoms. The molecule has 0 unspecified atom stereocenters. The maximum atomic E-state index is 13.8. The van der Waals surface area contributed by atoms with Gasteiger partial charge < -0.3 is 4.90 Å². The molecule has 0 fully saturated rings. The fraction of sp³-hybridized carbons (Fsp3) is 0.267. The highest BCUT2D eigenvalue weighted by molar-refractivity contribution is 7.98. The minimum Gasteiger partial charge on any atom is -0.315 e. The number of nitrogens with zero attached hydrogens (tertiary/aromatic N) is 4. The molecule has 0 bridgehead atoms. The lowest BCUT2D eigenvalue weighted by Crippen LogP contribution is -2.45. The molecule has 2 heterocycles. The molecule has 1 aromatic carbocycles. The summed E-state index contributed by atoms with van der Waals surface area (Å²) in [5.41, 5.74) is 1.05. The zero-order valence-electron chi connectivity index (χ0n) is 12.6. The number of urea groups is 1. The monoisotopic (exact) mass is 336 g/mol. The number of thioether (sulfide) groups is 1. The largest absolute Gasteiger partial charge is 0.326 e. The van der Waals surface area contributed by atoms with Gasteiger partial charge >= 0.3 is 6.03 Å². The number of benzene rings is 1. The molecule has 120 valence electrons. The van der Waals surface area contributed by atoms with E-state index in [0.29, 0.717) is 11.0 Å². The number of aromatic nitrogens is 2. The van der Waals surface area contributed by atoms with Crippen LogP contribution in [0.5, 0.6) is 0 Å². The number of fused-ring (bicyclic) bond motifs is 1. The normalized spacial score (nSPS) is 14.2. The van der Waals surface area contributed by atoms with Crippen LogP contribution in [0.25, 0.3) is 0 Å². The van der Waals surface area contributed by atoms with Crippen molar-refractivity contribution < 1.29 is 13.6 Å². The Morgan fingerprint density at radius 1 is 1.35 bits per heavy atom. The smallest absolute Gasteiger partial charge is 0.315 e. The third-order valence-corrected chi connectivity index (χ3v) is 4.18. The van der Waals surface area contributed by atoms with Crippen LogP contribution in [0, 0.1) is 11.6 Å². The van der Waals surface area contributed by atoms with Crippen LogP contribution >= 0.6 is 11.8 Å². The first-order valence-corrected chi connectivity index (χ1v) is 8.08. The molecule has 0 aliphatic carbocycles. The van der Waals surface area contributed by atoms with Gasteiger partial charge in [0.1, 0.15) is 17.5 Å². The summed E-state index contributed by atoms with van der Waals surface area (Å²) >= 11 is 1.39. The van der Waals surface area contributed by atoms with Crippen molar-refractivity contribution in [3.05, 3.63) is 47.2 Å². The topological polar surface area (TPSA) is 49.3 Å². The van der Waals surface area contributed by atoms with Crippen molar-refractivity contribution in [1.82, 2.24) is 14.9 Å². The molecule has 0 atom stereocenters. The summed E-state index contributed by atoms with van der Waals surface area (Å²) in [4.78, 5) is 23.9. The first-order valence-electron chi connectivity index (χ1n) is 6.86.